The Labute approximate surface area is 120 Å². The van der Waals surface area contributed by atoms with E-state index in [4.69, 9.17) is 0 Å². The largest absolute Gasteiger partial charge is 0.351 e. The summed E-state index contributed by atoms with van der Waals surface area (Å²) in [5.41, 5.74) is 1.26. The average Bonchev–Trinajstić information content (AvgIpc) is 2.46. The summed E-state index contributed by atoms with van der Waals surface area (Å²) in [5, 5.41) is 5.39. The molecule has 2 aromatic carbocycles. The van der Waals surface area contributed by atoms with Crippen LogP contribution < -0.4 is 10.2 Å². The van der Waals surface area contributed by atoms with Crippen LogP contribution in [0.25, 0.3) is 10.8 Å². The van der Waals surface area contributed by atoms with Gasteiger partial charge < -0.3 is 10.2 Å². The molecular formula is C17H23N2O+. The summed E-state index contributed by atoms with van der Waals surface area (Å²) >= 11 is 0. The Morgan fingerprint density at radius 1 is 1.20 bits per heavy atom. The third-order valence-electron chi connectivity index (χ3n) is 3.78. The average molecular weight is 271 g/mol. The van der Waals surface area contributed by atoms with Crippen molar-refractivity contribution in [2.45, 2.75) is 26.4 Å². The molecular weight excluding hydrogens is 248 g/mol. The molecule has 0 heterocycles. The van der Waals surface area contributed by atoms with Crippen molar-refractivity contribution < 1.29 is 9.69 Å². The zero-order valence-corrected chi connectivity index (χ0v) is 12.4. The number of carbonyl (C=O) groups is 1. The van der Waals surface area contributed by atoms with Crippen LogP contribution in [0.2, 0.25) is 0 Å². The van der Waals surface area contributed by atoms with Crippen molar-refractivity contribution >= 4 is 16.7 Å². The molecule has 0 saturated heterocycles. The van der Waals surface area contributed by atoms with Crippen molar-refractivity contribution in [2.24, 2.45) is 0 Å². The number of fused-ring (bicyclic) bond motifs is 1. The van der Waals surface area contributed by atoms with Crippen LogP contribution in [0.1, 0.15) is 19.4 Å². The summed E-state index contributed by atoms with van der Waals surface area (Å²) in [5.74, 6) is 0.116. The molecule has 20 heavy (non-hydrogen) atoms. The number of nitrogens with one attached hydrogen (secondary N) is 2. The second-order valence-corrected chi connectivity index (χ2v) is 5.32. The van der Waals surface area contributed by atoms with E-state index in [-0.39, 0.29) is 11.9 Å². The molecule has 0 bridgehead atoms. The Kier molecular flexibility index (Phi) is 4.74. The number of hydrogen-bond donors (Lipinski definition) is 2. The van der Waals surface area contributed by atoms with Crippen LogP contribution in [0, 0.1) is 0 Å². The first kappa shape index (κ1) is 14.5. The van der Waals surface area contributed by atoms with Gasteiger partial charge in [-0.25, -0.2) is 0 Å². The molecule has 2 rings (SSSR count). The highest BCUT2D eigenvalue weighted by atomic mass is 16.2. The highest BCUT2D eigenvalue weighted by molar-refractivity contribution is 5.83. The normalized spacial score (nSPS) is 13.9. The lowest BCUT2D eigenvalue weighted by Gasteiger charge is -2.21. The van der Waals surface area contributed by atoms with E-state index in [1.807, 2.05) is 13.8 Å². The molecule has 3 nitrogen and oxygen atoms in total. The lowest BCUT2D eigenvalue weighted by atomic mass is 10.1. The summed E-state index contributed by atoms with van der Waals surface area (Å²) in [6.07, 6.45) is 0. The molecule has 0 spiro atoms. The van der Waals surface area contributed by atoms with Gasteiger partial charge in [-0.15, -0.1) is 0 Å². The van der Waals surface area contributed by atoms with Crippen molar-refractivity contribution in [3.63, 3.8) is 0 Å². The molecule has 2 aromatic rings. The van der Waals surface area contributed by atoms with Crippen molar-refractivity contribution in [1.82, 2.24) is 5.32 Å². The fraction of sp³-hybridized carbons (Fsp3) is 0.353. The van der Waals surface area contributed by atoms with Gasteiger partial charge in [0, 0.05) is 12.1 Å². The van der Waals surface area contributed by atoms with Crippen LogP contribution in [0.4, 0.5) is 0 Å². The van der Waals surface area contributed by atoms with E-state index in [9.17, 15) is 4.79 Å². The van der Waals surface area contributed by atoms with Crippen molar-refractivity contribution in [1.29, 1.82) is 0 Å². The van der Waals surface area contributed by atoms with Gasteiger partial charge in [-0.05, 0) is 30.7 Å². The summed E-state index contributed by atoms with van der Waals surface area (Å²) in [6, 6.07) is 14.8. The van der Waals surface area contributed by atoms with E-state index >= 15 is 0 Å². The van der Waals surface area contributed by atoms with Gasteiger partial charge in [0.2, 0.25) is 0 Å². The Morgan fingerprint density at radius 2 is 1.90 bits per heavy atom. The maximum Gasteiger partial charge on any atom is 0.278 e. The van der Waals surface area contributed by atoms with E-state index in [1.165, 1.54) is 21.2 Å². The van der Waals surface area contributed by atoms with E-state index in [0.717, 1.165) is 6.54 Å². The van der Waals surface area contributed by atoms with E-state index in [1.54, 1.807) is 0 Å². The first-order valence-corrected chi connectivity index (χ1v) is 7.19. The van der Waals surface area contributed by atoms with E-state index < -0.39 is 0 Å². The third kappa shape index (κ3) is 3.36. The molecule has 1 unspecified atom stereocenters. The number of benzene rings is 2. The van der Waals surface area contributed by atoms with Crippen molar-refractivity contribution in [3.05, 3.63) is 48.0 Å². The first-order valence-electron chi connectivity index (χ1n) is 7.19. The molecule has 0 saturated carbocycles. The van der Waals surface area contributed by atoms with Crippen molar-refractivity contribution in [2.75, 3.05) is 13.6 Å². The van der Waals surface area contributed by atoms with Crippen molar-refractivity contribution in [3.8, 4) is 0 Å². The fourth-order valence-corrected chi connectivity index (χ4v) is 2.37. The predicted molar refractivity (Wildman–Crippen MR) is 82.7 cm³/mol. The number of likely N-dealkylation sites (N-methyl/N-ethyl adjacent to an activating group) is 2. The molecule has 0 fully saturated rings. The lowest BCUT2D eigenvalue weighted by molar-refractivity contribution is -0.908. The Balaban J connectivity index is 2.09. The predicted octanol–water partition coefficient (Wildman–Crippen LogP) is 1.38. The monoisotopic (exact) mass is 271 g/mol. The number of carbonyl (C=O) groups excluding carboxylic acids is 1. The minimum atomic E-state index is -0.0404. The van der Waals surface area contributed by atoms with Gasteiger partial charge >= 0.3 is 0 Å². The van der Waals surface area contributed by atoms with Gasteiger partial charge in [0.1, 0.15) is 6.54 Å². The molecule has 0 aliphatic rings. The van der Waals surface area contributed by atoms with Gasteiger partial charge in [0.05, 0.1) is 7.05 Å². The molecule has 3 heteroatoms. The number of amides is 1. The summed E-state index contributed by atoms with van der Waals surface area (Å²) < 4.78 is 0. The van der Waals surface area contributed by atoms with Gasteiger partial charge in [0.15, 0.2) is 6.04 Å². The molecule has 2 atom stereocenters. The third-order valence-corrected chi connectivity index (χ3v) is 3.78. The highest BCUT2D eigenvalue weighted by Gasteiger charge is 2.20. The fourth-order valence-electron chi connectivity index (χ4n) is 2.37. The topological polar surface area (TPSA) is 33.5 Å². The molecule has 0 aliphatic heterocycles. The molecule has 0 radical (unpaired) electrons. The zero-order chi connectivity index (χ0) is 14.5. The van der Waals surface area contributed by atoms with Crippen LogP contribution in [0.5, 0.6) is 0 Å². The Hall–Kier alpha value is -1.87. The smallest absolute Gasteiger partial charge is 0.278 e. The van der Waals surface area contributed by atoms with E-state index in [0.29, 0.717) is 6.54 Å². The van der Waals surface area contributed by atoms with Gasteiger partial charge in [-0.2, -0.15) is 0 Å². The minimum Gasteiger partial charge on any atom is -0.351 e. The van der Waals surface area contributed by atoms with Gasteiger partial charge in [-0.1, -0.05) is 36.4 Å². The summed E-state index contributed by atoms with van der Waals surface area (Å²) in [4.78, 5) is 13.1. The minimum absolute atomic E-state index is 0.0404. The Bertz CT molecular complexity index is 594. The second kappa shape index (κ2) is 6.53. The van der Waals surface area contributed by atoms with Gasteiger partial charge in [0.25, 0.3) is 5.91 Å². The highest BCUT2D eigenvalue weighted by Crippen LogP contribution is 2.14. The molecule has 1 amide bonds. The first-order chi connectivity index (χ1) is 9.61. The Morgan fingerprint density at radius 3 is 2.60 bits per heavy atom. The molecule has 106 valence electrons. The summed E-state index contributed by atoms with van der Waals surface area (Å²) in [6.45, 7) is 5.46. The van der Waals surface area contributed by atoms with Crippen LogP contribution >= 0.6 is 0 Å². The standard InChI is InChI=1S/C17H22N2O/c1-4-18-17(20)13(2)19(3)12-14-9-10-15-7-5-6-8-16(15)11-14/h5-11,13H,4,12H2,1-3H3,(H,18,20)/p+1/t13-/m0/s1. The van der Waals surface area contributed by atoms with Crippen LogP contribution in [-0.4, -0.2) is 25.5 Å². The number of quaternary nitrogens is 1. The SMILES string of the molecule is CCNC(=O)[C@H](C)[NH+](C)Cc1ccc2ccccc2c1. The van der Waals surface area contributed by atoms with E-state index in [2.05, 4.69) is 54.8 Å². The lowest BCUT2D eigenvalue weighted by Crippen LogP contribution is -3.12. The number of rotatable bonds is 5. The molecule has 2 N–H and O–H groups in total. The second-order valence-electron chi connectivity index (χ2n) is 5.32. The molecule has 0 aliphatic carbocycles. The van der Waals surface area contributed by atoms with Crippen LogP contribution in [-0.2, 0) is 11.3 Å². The quantitative estimate of drug-likeness (QED) is 0.846. The van der Waals surface area contributed by atoms with Gasteiger partial charge in [-0.3, -0.25) is 4.79 Å². The maximum atomic E-state index is 11.9. The maximum absolute atomic E-state index is 11.9. The number of hydrogen-bond acceptors (Lipinski definition) is 1. The molecule has 0 aromatic heterocycles. The summed E-state index contributed by atoms with van der Waals surface area (Å²) in [7, 11) is 2.06. The van der Waals surface area contributed by atoms with Crippen LogP contribution in [0.15, 0.2) is 42.5 Å². The zero-order valence-electron chi connectivity index (χ0n) is 12.4. The van der Waals surface area contributed by atoms with Crippen LogP contribution in [0.3, 0.4) is 0 Å².